The van der Waals surface area contributed by atoms with Gasteiger partial charge in [-0.05, 0) is 50.4 Å². The first kappa shape index (κ1) is 21.0. The van der Waals surface area contributed by atoms with Crippen LogP contribution in [0.15, 0.2) is 24.3 Å². The van der Waals surface area contributed by atoms with E-state index >= 15 is 0 Å². The van der Waals surface area contributed by atoms with Gasteiger partial charge in [-0.3, -0.25) is 14.6 Å². The van der Waals surface area contributed by atoms with Crippen molar-refractivity contribution in [3.05, 3.63) is 29.8 Å². The van der Waals surface area contributed by atoms with Gasteiger partial charge in [-0.2, -0.15) is 13.2 Å². The molecule has 3 fully saturated rings. The number of alkyl halides is 3. The largest absolute Gasteiger partial charge is 0.416 e. The van der Waals surface area contributed by atoms with Gasteiger partial charge in [-0.15, -0.1) is 0 Å². The number of piperazine rings is 1. The van der Waals surface area contributed by atoms with Crippen LogP contribution in [0.4, 0.5) is 23.7 Å². The van der Waals surface area contributed by atoms with Crippen molar-refractivity contribution in [2.45, 2.75) is 37.9 Å². The average molecular weight is 424 g/mol. The molecule has 1 atom stereocenters. The van der Waals surface area contributed by atoms with Crippen molar-refractivity contribution in [3.8, 4) is 0 Å². The molecule has 0 saturated carbocycles. The molecule has 0 aliphatic carbocycles. The Labute approximate surface area is 174 Å². The van der Waals surface area contributed by atoms with Gasteiger partial charge in [-0.25, -0.2) is 4.79 Å². The third kappa shape index (κ3) is 4.26. The van der Waals surface area contributed by atoms with Crippen LogP contribution in [0.3, 0.4) is 0 Å². The molecule has 0 N–H and O–H groups in total. The first-order valence-electron chi connectivity index (χ1n) is 10.6. The summed E-state index contributed by atoms with van der Waals surface area (Å²) in [5.41, 5.74) is -0.0342. The number of hydrogen-bond acceptors (Lipinski definition) is 4. The van der Waals surface area contributed by atoms with Gasteiger partial charge < -0.3 is 9.80 Å². The van der Waals surface area contributed by atoms with Crippen molar-refractivity contribution in [2.75, 3.05) is 50.7 Å². The quantitative estimate of drug-likeness (QED) is 0.682. The SMILES string of the molecule is O=C1[C@H]2CCCCN2C(=O)N1CCCN1CCN(c2cccc(C(F)(F)F)c2)CC1. The van der Waals surface area contributed by atoms with Crippen LogP contribution in [-0.4, -0.2) is 78.5 Å². The zero-order valence-electron chi connectivity index (χ0n) is 16.9. The highest BCUT2D eigenvalue weighted by atomic mass is 19.4. The van der Waals surface area contributed by atoms with Crippen molar-refractivity contribution >= 4 is 17.6 Å². The van der Waals surface area contributed by atoms with Crippen LogP contribution < -0.4 is 4.90 Å². The molecule has 3 amide bonds. The zero-order chi connectivity index (χ0) is 21.3. The minimum absolute atomic E-state index is 0.0611. The Morgan fingerprint density at radius 2 is 1.73 bits per heavy atom. The molecule has 0 aromatic heterocycles. The predicted molar refractivity (Wildman–Crippen MR) is 106 cm³/mol. The van der Waals surface area contributed by atoms with E-state index < -0.39 is 11.7 Å². The number of fused-ring (bicyclic) bond motifs is 1. The van der Waals surface area contributed by atoms with Gasteiger partial charge in [0, 0.05) is 45.0 Å². The van der Waals surface area contributed by atoms with Crippen LogP contribution in [0.1, 0.15) is 31.2 Å². The van der Waals surface area contributed by atoms with Gasteiger partial charge >= 0.3 is 12.2 Å². The number of piperidine rings is 1. The van der Waals surface area contributed by atoms with Gasteiger partial charge in [0.25, 0.3) is 5.91 Å². The lowest BCUT2D eigenvalue weighted by Gasteiger charge is -2.36. The number of rotatable bonds is 5. The molecule has 1 aromatic rings. The second-order valence-electron chi connectivity index (χ2n) is 8.21. The highest BCUT2D eigenvalue weighted by molar-refractivity contribution is 6.04. The summed E-state index contributed by atoms with van der Waals surface area (Å²) in [7, 11) is 0. The number of carbonyl (C=O) groups excluding carboxylic acids is 2. The summed E-state index contributed by atoms with van der Waals surface area (Å²) in [6.07, 6.45) is -0.916. The van der Waals surface area contributed by atoms with Crippen molar-refractivity contribution in [3.63, 3.8) is 0 Å². The lowest BCUT2D eigenvalue weighted by atomic mass is 10.0. The third-order valence-electron chi connectivity index (χ3n) is 6.30. The molecule has 0 unspecified atom stereocenters. The highest BCUT2D eigenvalue weighted by Crippen LogP contribution is 2.32. The van der Waals surface area contributed by atoms with E-state index in [2.05, 4.69) is 4.90 Å². The van der Waals surface area contributed by atoms with Crippen LogP contribution in [0, 0.1) is 0 Å². The normalized spacial score (nSPS) is 23.3. The Morgan fingerprint density at radius 1 is 0.967 bits per heavy atom. The van der Waals surface area contributed by atoms with E-state index in [4.69, 9.17) is 0 Å². The average Bonchev–Trinajstić information content (AvgIpc) is 2.99. The molecule has 0 spiro atoms. The number of amides is 3. The van der Waals surface area contributed by atoms with E-state index in [1.807, 2.05) is 4.90 Å². The maximum Gasteiger partial charge on any atom is 0.416 e. The second-order valence-corrected chi connectivity index (χ2v) is 8.21. The number of imide groups is 1. The number of anilines is 1. The van der Waals surface area contributed by atoms with Crippen molar-refractivity contribution in [1.29, 1.82) is 0 Å². The van der Waals surface area contributed by atoms with Crippen LogP contribution in [0.5, 0.6) is 0 Å². The minimum Gasteiger partial charge on any atom is -0.369 e. The standard InChI is InChI=1S/C21H27F3N4O2/c22-21(23,24)16-5-3-6-17(15-16)26-13-11-25(12-14-26)8-4-10-28-19(29)18-7-1-2-9-27(18)20(28)30/h3,5-6,15,18H,1-2,4,7-14H2/t18-/m1/s1. The summed E-state index contributed by atoms with van der Waals surface area (Å²) in [4.78, 5) is 32.3. The highest BCUT2D eigenvalue weighted by Gasteiger charge is 2.45. The Bertz CT molecular complexity index is 769. The topological polar surface area (TPSA) is 47.1 Å². The fourth-order valence-corrected chi connectivity index (χ4v) is 4.61. The number of halogens is 3. The summed E-state index contributed by atoms with van der Waals surface area (Å²) in [5.74, 6) is -0.0611. The van der Waals surface area contributed by atoms with Crippen molar-refractivity contribution in [2.24, 2.45) is 0 Å². The fourth-order valence-electron chi connectivity index (χ4n) is 4.61. The number of urea groups is 1. The van der Waals surface area contributed by atoms with Crippen LogP contribution in [0.25, 0.3) is 0 Å². The van der Waals surface area contributed by atoms with E-state index in [1.54, 1.807) is 11.0 Å². The Kier molecular flexibility index (Phi) is 5.90. The Hall–Kier alpha value is -2.29. The minimum atomic E-state index is -4.34. The summed E-state index contributed by atoms with van der Waals surface area (Å²) in [6.45, 7) is 4.65. The second kappa shape index (κ2) is 8.45. The molecule has 1 aromatic carbocycles. The van der Waals surface area contributed by atoms with Crippen LogP contribution in [0.2, 0.25) is 0 Å². The molecular weight excluding hydrogens is 397 g/mol. The fraction of sp³-hybridized carbons (Fsp3) is 0.619. The van der Waals surface area contributed by atoms with Gasteiger partial charge in [0.05, 0.1) is 5.56 Å². The van der Waals surface area contributed by atoms with Gasteiger partial charge in [-0.1, -0.05) is 6.07 Å². The van der Waals surface area contributed by atoms with E-state index in [1.165, 1.54) is 17.0 Å². The molecule has 4 rings (SSSR count). The van der Waals surface area contributed by atoms with Gasteiger partial charge in [0.1, 0.15) is 6.04 Å². The molecule has 3 aliphatic rings. The number of hydrogen-bond donors (Lipinski definition) is 0. The van der Waals surface area contributed by atoms with Crippen molar-refractivity contribution < 1.29 is 22.8 Å². The molecular formula is C21H27F3N4O2. The first-order chi connectivity index (χ1) is 14.3. The Balaban J connectivity index is 1.24. The molecule has 3 aliphatic heterocycles. The summed E-state index contributed by atoms with van der Waals surface area (Å²) in [6, 6.07) is 5.04. The lowest BCUT2D eigenvalue weighted by Crippen LogP contribution is -2.47. The maximum atomic E-state index is 12.9. The summed E-state index contributed by atoms with van der Waals surface area (Å²) >= 11 is 0. The third-order valence-corrected chi connectivity index (χ3v) is 6.30. The number of carbonyl (C=O) groups is 2. The summed E-state index contributed by atoms with van der Waals surface area (Å²) in [5, 5.41) is 0. The van der Waals surface area contributed by atoms with E-state index in [9.17, 15) is 22.8 Å². The molecule has 6 nitrogen and oxygen atoms in total. The smallest absolute Gasteiger partial charge is 0.369 e. The predicted octanol–water partition coefficient (Wildman–Crippen LogP) is 3.03. The number of nitrogens with zero attached hydrogens (tertiary/aromatic N) is 4. The Morgan fingerprint density at radius 3 is 2.43 bits per heavy atom. The molecule has 0 bridgehead atoms. The summed E-state index contributed by atoms with van der Waals surface area (Å²) < 4.78 is 38.8. The van der Waals surface area contributed by atoms with Crippen molar-refractivity contribution in [1.82, 2.24) is 14.7 Å². The molecule has 0 radical (unpaired) electrons. The first-order valence-corrected chi connectivity index (χ1v) is 10.6. The molecule has 3 heterocycles. The van der Waals surface area contributed by atoms with Gasteiger partial charge in [0.15, 0.2) is 0 Å². The molecule has 9 heteroatoms. The zero-order valence-corrected chi connectivity index (χ0v) is 16.9. The van der Waals surface area contributed by atoms with E-state index in [0.29, 0.717) is 38.3 Å². The van der Waals surface area contributed by atoms with Crippen LogP contribution in [-0.2, 0) is 11.0 Å². The molecule has 3 saturated heterocycles. The molecule has 164 valence electrons. The van der Waals surface area contributed by atoms with E-state index in [-0.39, 0.29) is 18.0 Å². The lowest BCUT2D eigenvalue weighted by molar-refractivity contribution is -0.137. The van der Waals surface area contributed by atoms with E-state index in [0.717, 1.165) is 45.0 Å². The molecule has 30 heavy (non-hydrogen) atoms. The monoisotopic (exact) mass is 424 g/mol. The number of benzene rings is 1. The van der Waals surface area contributed by atoms with Gasteiger partial charge in [0.2, 0.25) is 0 Å². The maximum absolute atomic E-state index is 12.9. The van der Waals surface area contributed by atoms with Crippen LogP contribution >= 0.6 is 0 Å².